The zero-order chi connectivity index (χ0) is 16.8. The minimum Gasteiger partial charge on any atom is -0.370 e. The van der Waals surface area contributed by atoms with E-state index in [1.165, 1.54) is 17.5 Å². The van der Waals surface area contributed by atoms with Crippen LogP contribution in [0.25, 0.3) is 0 Å². The summed E-state index contributed by atoms with van der Waals surface area (Å²) in [5.41, 5.74) is 4.58. The summed E-state index contributed by atoms with van der Waals surface area (Å²) in [4.78, 5) is 9.15. The molecule has 1 heterocycles. The highest BCUT2D eigenvalue weighted by Gasteiger charge is 2.11. The van der Waals surface area contributed by atoms with Crippen LogP contribution >= 0.6 is 0 Å². The number of nitrogens with one attached hydrogen (secondary N) is 2. The van der Waals surface area contributed by atoms with E-state index >= 15 is 0 Å². The summed E-state index contributed by atoms with van der Waals surface area (Å²) in [6, 6.07) is 8.37. The van der Waals surface area contributed by atoms with E-state index in [4.69, 9.17) is 0 Å². The molecule has 1 aromatic heterocycles. The molecule has 0 aliphatic heterocycles. The van der Waals surface area contributed by atoms with Crippen LogP contribution in [0.2, 0.25) is 0 Å². The van der Waals surface area contributed by atoms with Gasteiger partial charge in [-0.15, -0.1) is 0 Å². The quantitative estimate of drug-likeness (QED) is 0.692. The van der Waals surface area contributed by atoms with E-state index in [0.717, 1.165) is 30.2 Å². The van der Waals surface area contributed by atoms with E-state index in [1.54, 1.807) is 0 Å². The third-order valence-corrected chi connectivity index (χ3v) is 3.85. The van der Waals surface area contributed by atoms with Gasteiger partial charge >= 0.3 is 0 Å². The Labute approximate surface area is 139 Å². The molecule has 0 unspecified atom stereocenters. The third kappa shape index (κ3) is 4.68. The molecular formula is C19H28N4. The fourth-order valence-corrected chi connectivity index (χ4v) is 2.56. The van der Waals surface area contributed by atoms with E-state index in [9.17, 15) is 0 Å². The maximum absolute atomic E-state index is 4.61. The van der Waals surface area contributed by atoms with Gasteiger partial charge in [0, 0.05) is 24.0 Å². The zero-order valence-electron chi connectivity index (χ0n) is 14.9. The minimum atomic E-state index is 0.448. The molecule has 0 amide bonds. The number of benzene rings is 1. The van der Waals surface area contributed by atoms with Crippen molar-refractivity contribution in [1.29, 1.82) is 0 Å². The van der Waals surface area contributed by atoms with Gasteiger partial charge in [-0.2, -0.15) is 4.98 Å². The van der Waals surface area contributed by atoms with Gasteiger partial charge < -0.3 is 10.6 Å². The highest BCUT2D eigenvalue weighted by Crippen LogP contribution is 2.29. The molecule has 0 fully saturated rings. The summed E-state index contributed by atoms with van der Waals surface area (Å²) in [6.45, 7) is 11.6. The van der Waals surface area contributed by atoms with Crippen LogP contribution in [0.5, 0.6) is 0 Å². The fraction of sp³-hybridized carbons (Fsp3) is 0.474. The Morgan fingerprint density at radius 1 is 1.13 bits per heavy atom. The van der Waals surface area contributed by atoms with Crippen molar-refractivity contribution in [2.45, 2.75) is 53.4 Å². The zero-order valence-corrected chi connectivity index (χ0v) is 14.9. The fourth-order valence-electron chi connectivity index (χ4n) is 2.56. The topological polar surface area (TPSA) is 49.8 Å². The molecule has 23 heavy (non-hydrogen) atoms. The van der Waals surface area contributed by atoms with E-state index in [0.29, 0.717) is 11.9 Å². The van der Waals surface area contributed by atoms with Crippen LogP contribution < -0.4 is 10.6 Å². The Morgan fingerprint density at radius 3 is 2.61 bits per heavy atom. The monoisotopic (exact) mass is 312 g/mol. The number of para-hydroxylation sites is 1. The number of anilines is 3. The van der Waals surface area contributed by atoms with Gasteiger partial charge in [0.1, 0.15) is 5.82 Å². The molecule has 0 bridgehead atoms. The number of aryl methyl sites for hydroxylation is 2. The highest BCUT2D eigenvalue weighted by molar-refractivity contribution is 5.64. The summed E-state index contributed by atoms with van der Waals surface area (Å²) >= 11 is 0. The molecule has 0 spiro atoms. The van der Waals surface area contributed by atoms with Gasteiger partial charge in [0.05, 0.1) is 0 Å². The van der Waals surface area contributed by atoms with Crippen LogP contribution in [0.1, 0.15) is 56.4 Å². The lowest BCUT2D eigenvalue weighted by Gasteiger charge is -2.17. The molecule has 0 saturated heterocycles. The molecule has 1 aromatic carbocycles. The van der Waals surface area contributed by atoms with E-state index < -0.39 is 0 Å². The predicted octanol–water partition coefficient (Wildman–Crippen LogP) is 5.17. The van der Waals surface area contributed by atoms with Gasteiger partial charge in [0.25, 0.3) is 0 Å². The second kappa shape index (κ2) is 7.95. The molecule has 124 valence electrons. The van der Waals surface area contributed by atoms with E-state index in [2.05, 4.69) is 66.5 Å². The Kier molecular flexibility index (Phi) is 5.97. The molecule has 2 N–H and O–H groups in total. The first-order chi connectivity index (χ1) is 11.0. The van der Waals surface area contributed by atoms with Crippen molar-refractivity contribution in [3.63, 3.8) is 0 Å². The molecule has 2 aromatic rings. The number of unbranched alkanes of at least 4 members (excludes halogenated alkanes) is 1. The molecular weight excluding hydrogens is 284 g/mol. The van der Waals surface area contributed by atoms with Crippen molar-refractivity contribution >= 4 is 17.5 Å². The lowest BCUT2D eigenvalue weighted by atomic mass is 9.98. The van der Waals surface area contributed by atoms with Crippen LogP contribution in [0.15, 0.2) is 24.3 Å². The Balaban J connectivity index is 2.26. The first kappa shape index (κ1) is 17.3. The molecule has 2 rings (SSSR count). The predicted molar refractivity (Wildman–Crippen MR) is 98.7 cm³/mol. The third-order valence-electron chi connectivity index (χ3n) is 3.85. The molecule has 0 atom stereocenters. The number of hydrogen-bond acceptors (Lipinski definition) is 4. The van der Waals surface area contributed by atoms with Crippen molar-refractivity contribution < 1.29 is 0 Å². The van der Waals surface area contributed by atoms with Gasteiger partial charge in [0.2, 0.25) is 5.95 Å². The number of aromatic nitrogens is 2. The smallest absolute Gasteiger partial charge is 0.229 e. The van der Waals surface area contributed by atoms with Gasteiger partial charge in [-0.1, -0.05) is 45.4 Å². The molecule has 0 aliphatic rings. The Bertz CT molecular complexity index is 650. The van der Waals surface area contributed by atoms with Crippen molar-refractivity contribution in [1.82, 2.24) is 9.97 Å². The average Bonchev–Trinajstić information content (AvgIpc) is 2.49. The van der Waals surface area contributed by atoms with Crippen LogP contribution in [0.3, 0.4) is 0 Å². The summed E-state index contributed by atoms with van der Waals surface area (Å²) < 4.78 is 0. The molecule has 4 heteroatoms. The second-order valence-electron chi connectivity index (χ2n) is 6.32. The van der Waals surface area contributed by atoms with Gasteiger partial charge in [-0.3, -0.25) is 0 Å². The summed E-state index contributed by atoms with van der Waals surface area (Å²) in [6.07, 6.45) is 2.31. The van der Waals surface area contributed by atoms with Crippen molar-refractivity contribution in [3.05, 3.63) is 41.1 Å². The Morgan fingerprint density at radius 2 is 1.91 bits per heavy atom. The summed E-state index contributed by atoms with van der Waals surface area (Å²) in [5, 5.41) is 6.81. The maximum atomic E-state index is 4.61. The molecule has 0 radical (unpaired) electrons. The molecule has 0 saturated carbocycles. The van der Waals surface area contributed by atoms with Crippen LogP contribution in [0.4, 0.5) is 17.5 Å². The molecule has 4 nitrogen and oxygen atoms in total. The number of hydrogen-bond donors (Lipinski definition) is 2. The average molecular weight is 312 g/mol. The van der Waals surface area contributed by atoms with E-state index in [1.807, 2.05) is 13.0 Å². The maximum Gasteiger partial charge on any atom is 0.229 e. The normalized spacial score (nSPS) is 10.9. The van der Waals surface area contributed by atoms with Crippen LogP contribution in [-0.4, -0.2) is 16.5 Å². The SMILES string of the molecule is CCCCNc1cc(C)nc(Nc2c(C)cccc2C(C)C)n1. The lowest BCUT2D eigenvalue weighted by Crippen LogP contribution is -2.08. The van der Waals surface area contributed by atoms with Crippen LogP contribution in [0, 0.1) is 13.8 Å². The lowest BCUT2D eigenvalue weighted by molar-refractivity contribution is 0.830. The number of nitrogens with zero attached hydrogens (tertiary/aromatic N) is 2. The second-order valence-corrected chi connectivity index (χ2v) is 6.32. The first-order valence-corrected chi connectivity index (χ1v) is 8.47. The van der Waals surface area contributed by atoms with Gasteiger partial charge in [-0.25, -0.2) is 4.98 Å². The summed E-state index contributed by atoms with van der Waals surface area (Å²) in [7, 11) is 0. The highest BCUT2D eigenvalue weighted by atomic mass is 15.1. The van der Waals surface area contributed by atoms with E-state index in [-0.39, 0.29) is 0 Å². The van der Waals surface area contributed by atoms with Crippen molar-refractivity contribution in [3.8, 4) is 0 Å². The first-order valence-electron chi connectivity index (χ1n) is 8.47. The van der Waals surface area contributed by atoms with Gasteiger partial charge in [0.15, 0.2) is 0 Å². The Hall–Kier alpha value is -2.10. The molecule has 0 aliphatic carbocycles. The van der Waals surface area contributed by atoms with Crippen molar-refractivity contribution in [2.24, 2.45) is 0 Å². The summed E-state index contributed by atoms with van der Waals surface area (Å²) in [5.74, 6) is 1.98. The largest absolute Gasteiger partial charge is 0.370 e. The standard InChI is InChI=1S/C19H28N4/c1-6-7-11-20-17-12-15(5)21-19(22-17)23-18-14(4)9-8-10-16(18)13(2)3/h8-10,12-13H,6-7,11H2,1-5H3,(H2,20,21,22,23). The van der Waals surface area contributed by atoms with Gasteiger partial charge in [-0.05, 0) is 37.3 Å². The number of rotatable bonds is 7. The van der Waals surface area contributed by atoms with Crippen LogP contribution in [-0.2, 0) is 0 Å². The minimum absolute atomic E-state index is 0.448. The van der Waals surface area contributed by atoms with Crippen molar-refractivity contribution in [2.75, 3.05) is 17.2 Å².